The van der Waals surface area contributed by atoms with Gasteiger partial charge in [-0.25, -0.2) is 0 Å². The molecule has 104 heavy (non-hydrogen) atoms. The summed E-state index contributed by atoms with van der Waals surface area (Å²) in [6.07, 6.45) is 15.9. The van der Waals surface area contributed by atoms with Crippen molar-refractivity contribution in [1.82, 2.24) is 0 Å². The van der Waals surface area contributed by atoms with Crippen LogP contribution in [0.1, 0.15) is 134 Å². The van der Waals surface area contributed by atoms with Crippen molar-refractivity contribution >= 4 is 46.3 Å². The first kappa shape index (κ1) is 68.3. The standard InChI is InChI=1S/C100H92N2O2/c1-5-9-31-77-69-94(76-51-55-84(56-52-76)102(82-39-21-14-22-40-82)86-58-64-92-90-42-24-26-44-96(90)100(98(92)72-86,80-35-17-12-18-36-80)66-28-30-68-104-88-61-47-74(8-4)48-62-88)78(32-10-6-2)70-93(77)75-49-53-83(54-50-75)101(81-37-19-13-20-38-81)85-57-63-91-89-41-23-25-43-95(89)99(97(91)71-85,79-33-15-11-16-34-79)65-27-29-67-103-87-59-45-73(7-3)46-60-87/h7-8,11-26,33-64,69-72H,3-6,9-10,27-32,65-68H2,1-2H3. The van der Waals surface area contributed by atoms with Crippen LogP contribution in [0.4, 0.5) is 34.1 Å². The summed E-state index contributed by atoms with van der Waals surface area (Å²) >= 11 is 0. The first-order valence-electron chi connectivity index (χ1n) is 37.8. The number of nitrogens with zero attached hydrogens (tertiary/aromatic N) is 2. The molecule has 2 aliphatic rings. The Bertz CT molecular complexity index is 4750. The molecule has 15 rings (SSSR count). The summed E-state index contributed by atoms with van der Waals surface area (Å²) in [6, 6.07) is 117. The molecule has 13 aromatic rings. The van der Waals surface area contributed by atoms with Gasteiger partial charge in [0, 0.05) is 45.0 Å². The number of anilines is 6. The molecule has 2 atom stereocenters. The highest BCUT2D eigenvalue weighted by atomic mass is 16.5. The number of unbranched alkanes of at least 4 members (excludes halogenated alkanes) is 4. The maximum Gasteiger partial charge on any atom is 0.119 e. The van der Waals surface area contributed by atoms with Crippen molar-refractivity contribution in [2.45, 2.75) is 102 Å². The lowest BCUT2D eigenvalue weighted by atomic mass is 9.69. The van der Waals surface area contributed by atoms with E-state index in [0.717, 1.165) is 134 Å². The molecule has 0 aliphatic heterocycles. The number of fused-ring (bicyclic) bond motifs is 6. The minimum absolute atomic E-state index is 0.367. The highest BCUT2D eigenvalue weighted by Crippen LogP contribution is 2.58. The summed E-state index contributed by atoms with van der Waals surface area (Å²) in [4.78, 5) is 4.91. The summed E-state index contributed by atoms with van der Waals surface area (Å²) in [7, 11) is 0. The predicted molar refractivity (Wildman–Crippen MR) is 439 cm³/mol. The van der Waals surface area contributed by atoms with Gasteiger partial charge >= 0.3 is 0 Å². The van der Waals surface area contributed by atoms with Crippen molar-refractivity contribution in [3.63, 3.8) is 0 Å². The molecule has 0 N–H and O–H groups in total. The van der Waals surface area contributed by atoms with Crippen LogP contribution >= 0.6 is 0 Å². The van der Waals surface area contributed by atoms with Crippen molar-refractivity contribution in [2.24, 2.45) is 0 Å². The lowest BCUT2D eigenvalue weighted by molar-refractivity contribution is 0.301. The Balaban J connectivity index is 0.752. The topological polar surface area (TPSA) is 24.9 Å². The van der Waals surface area contributed by atoms with Gasteiger partial charge in [0.25, 0.3) is 0 Å². The number of benzene rings is 13. The first-order valence-corrected chi connectivity index (χ1v) is 37.8. The van der Waals surface area contributed by atoms with Crippen LogP contribution in [0.25, 0.3) is 56.7 Å². The largest absolute Gasteiger partial charge is 0.494 e. The van der Waals surface area contributed by atoms with Crippen LogP contribution in [0.2, 0.25) is 0 Å². The van der Waals surface area contributed by atoms with Crippen LogP contribution in [0, 0.1) is 0 Å². The van der Waals surface area contributed by atoms with Crippen molar-refractivity contribution < 1.29 is 9.47 Å². The molecule has 13 aromatic carbocycles. The van der Waals surface area contributed by atoms with E-state index >= 15 is 0 Å². The van der Waals surface area contributed by atoms with Gasteiger partial charge < -0.3 is 19.3 Å². The van der Waals surface area contributed by atoms with E-state index in [0.29, 0.717) is 13.2 Å². The highest BCUT2D eigenvalue weighted by Gasteiger charge is 2.46. The Labute approximate surface area is 617 Å². The Hall–Kier alpha value is -11.5. The molecule has 0 amide bonds. The van der Waals surface area contributed by atoms with Crippen molar-refractivity contribution in [3.05, 3.63) is 384 Å². The van der Waals surface area contributed by atoms with Crippen LogP contribution in [-0.4, -0.2) is 13.2 Å². The normalized spacial score (nSPS) is 14.6. The molecule has 0 saturated heterocycles. The maximum absolute atomic E-state index is 6.34. The van der Waals surface area contributed by atoms with Crippen molar-refractivity contribution in [1.29, 1.82) is 0 Å². The minimum atomic E-state index is -0.367. The number of rotatable bonds is 30. The van der Waals surface area contributed by atoms with Crippen LogP contribution in [0.3, 0.4) is 0 Å². The zero-order valence-corrected chi connectivity index (χ0v) is 60.2. The molecule has 0 bridgehead atoms. The van der Waals surface area contributed by atoms with E-state index in [1.165, 1.54) is 89.0 Å². The molecule has 0 heterocycles. The molecule has 0 saturated carbocycles. The van der Waals surface area contributed by atoms with E-state index in [2.05, 4.69) is 328 Å². The molecule has 4 heteroatoms. The number of hydrogen-bond donors (Lipinski definition) is 0. The van der Waals surface area contributed by atoms with Gasteiger partial charge in [-0.3, -0.25) is 0 Å². The van der Waals surface area contributed by atoms with Gasteiger partial charge in [0.1, 0.15) is 11.5 Å². The lowest BCUT2D eigenvalue weighted by Gasteiger charge is -2.34. The first-order chi connectivity index (χ1) is 51.4. The SMILES string of the molecule is C=Cc1ccc(OCCCCC2(c3ccccc3)c3ccccc3-c3ccc(N(c4ccccc4)c4ccc(-c5cc(CCCC)c(-c6ccc(N(c7ccccc7)c7ccc8c(c7)C(CCCCOc7ccc(C=C)cc7)(c7ccccc7)c7ccccc7-8)cc6)cc5CCCC)cc4)cc32)cc1. The molecular weight excluding hydrogens is 1260 g/mol. The van der Waals surface area contributed by atoms with Crippen LogP contribution in [0.5, 0.6) is 11.5 Å². The van der Waals surface area contributed by atoms with Gasteiger partial charge in [-0.2, -0.15) is 0 Å². The fourth-order valence-electron chi connectivity index (χ4n) is 16.7. The summed E-state index contributed by atoms with van der Waals surface area (Å²) in [6.45, 7) is 13.8. The minimum Gasteiger partial charge on any atom is -0.494 e. The third-order valence-electron chi connectivity index (χ3n) is 21.8. The van der Waals surface area contributed by atoms with Crippen molar-refractivity contribution in [3.8, 4) is 56.0 Å². The van der Waals surface area contributed by atoms with E-state index in [9.17, 15) is 0 Å². The number of para-hydroxylation sites is 2. The summed E-state index contributed by atoms with van der Waals surface area (Å²) in [5.74, 6) is 1.78. The monoisotopic (exact) mass is 1350 g/mol. The van der Waals surface area contributed by atoms with Gasteiger partial charge in [0.2, 0.25) is 0 Å². The zero-order valence-electron chi connectivity index (χ0n) is 60.2. The Morgan fingerprint density at radius 3 is 1.01 bits per heavy atom. The van der Waals surface area contributed by atoms with E-state index in [-0.39, 0.29) is 10.8 Å². The molecule has 0 aromatic heterocycles. The second-order valence-electron chi connectivity index (χ2n) is 28.1. The Kier molecular flexibility index (Phi) is 20.6. The summed E-state index contributed by atoms with van der Waals surface area (Å²) in [5, 5.41) is 0. The average Bonchev–Trinajstić information content (AvgIpc) is 1.56. The number of hydrogen-bond acceptors (Lipinski definition) is 4. The van der Waals surface area contributed by atoms with E-state index in [4.69, 9.17) is 9.47 Å². The molecular formula is C100H92N2O2. The smallest absolute Gasteiger partial charge is 0.119 e. The van der Waals surface area contributed by atoms with Crippen LogP contribution < -0.4 is 19.3 Å². The second kappa shape index (κ2) is 31.4. The van der Waals surface area contributed by atoms with E-state index in [1.807, 2.05) is 36.4 Å². The third kappa shape index (κ3) is 13.7. The molecule has 2 unspecified atom stereocenters. The third-order valence-corrected chi connectivity index (χ3v) is 21.8. The van der Waals surface area contributed by atoms with Gasteiger partial charge in [-0.1, -0.05) is 270 Å². The maximum atomic E-state index is 6.34. The van der Waals surface area contributed by atoms with E-state index < -0.39 is 0 Å². The van der Waals surface area contributed by atoms with Crippen LogP contribution in [0.15, 0.2) is 329 Å². The number of aryl methyl sites for hydroxylation is 2. The van der Waals surface area contributed by atoms with E-state index in [1.54, 1.807) is 0 Å². The average molecular weight is 1350 g/mol. The lowest BCUT2D eigenvalue weighted by Crippen LogP contribution is -2.27. The molecule has 4 nitrogen and oxygen atoms in total. The Morgan fingerprint density at radius 2 is 0.635 bits per heavy atom. The predicted octanol–water partition coefficient (Wildman–Crippen LogP) is 27.1. The van der Waals surface area contributed by atoms with Gasteiger partial charge in [-0.15, -0.1) is 0 Å². The fraction of sp³-hybridized carbons (Fsp3) is 0.180. The quantitative estimate of drug-likeness (QED) is 0.0419. The number of ether oxygens (including phenoxy) is 2. The Morgan fingerprint density at radius 1 is 0.298 bits per heavy atom. The molecule has 514 valence electrons. The molecule has 0 radical (unpaired) electrons. The van der Waals surface area contributed by atoms with Gasteiger partial charge in [0.05, 0.1) is 13.2 Å². The molecule has 0 spiro atoms. The fourth-order valence-corrected chi connectivity index (χ4v) is 16.7. The van der Waals surface area contributed by atoms with Crippen LogP contribution in [-0.2, 0) is 23.7 Å². The summed E-state index contributed by atoms with van der Waals surface area (Å²) < 4.78 is 12.7. The van der Waals surface area contributed by atoms with Gasteiger partial charge in [-0.05, 0) is 261 Å². The van der Waals surface area contributed by atoms with Gasteiger partial charge in [0.15, 0.2) is 0 Å². The molecule has 0 fully saturated rings. The van der Waals surface area contributed by atoms with Crippen molar-refractivity contribution in [2.75, 3.05) is 23.0 Å². The zero-order chi connectivity index (χ0) is 70.7. The summed E-state index contributed by atoms with van der Waals surface area (Å²) in [5.41, 5.74) is 29.4. The molecule has 2 aliphatic carbocycles. The highest BCUT2D eigenvalue weighted by molar-refractivity contribution is 5.90. The second-order valence-corrected chi connectivity index (χ2v) is 28.1.